The maximum Gasteiger partial charge on any atom is 0.311 e. The predicted octanol–water partition coefficient (Wildman–Crippen LogP) is 1.95. The lowest BCUT2D eigenvalue weighted by Crippen LogP contribution is -2.47. The number of nitrogens with one attached hydrogen (secondary N) is 1. The van der Waals surface area contributed by atoms with Crippen LogP contribution in [-0.4, -0.2) is 39.2 Å². The van der Waals surface area contributed by atoms with Gasteiger partial charge >= 0.3 is 5.97 Å². The number of fused-ring (bicyclic) bond motifs is 2. The number of ether oxygens (including phenoxy) is 3. The van der Waals surface area contributed by atoms with Crippen LogP contribution in [0.5, 0.6) is 11.5 Å². The van der Waals surface area contributed by atoms with Crippen LogP contribution in [0.1, 0.15) is 24.8 Å². The van der Waals surface area contributed by atoms with E-state index in [9.17, 15) is 9.59 Å². The lowest BCUT2D eigenvalue weighted by molar-refractivity contribution is -0.148. The highest BCUT2D eigenvalue weighted by Crippen LogP contribution is 2.48. The van der Waals surface area contributed by atoms with E-state index in [1.807, 2.05) is 6.07 Å². The minimum absolute atomic E-state index is 0.0846. The molecule has 0 spiro atoms. The molecule has 0 aromatic heterocycles. The van der Waals surface area contributed by atoms with E-state index in [1.165, 1.54) is 7.11 Å². The number of hydrogen-bond acceptors (Lipinski definition) is 5. The van der Waals surface area contributed by atoms with E-state index in [-0.39, 0.29) is 30.3 Å². The second-order valence-electron chi connectivity index (χ2n) is 6.84. The van der Waals surface area contributed by atoms with Gasteiger partial charge in [-0.25, -0.2) is 0 Å². The van der Waals surface area contributed by atoms with Crippen LogP contribution in [0, 0.1) is 17.8 Å². The van der Waals surface area contributed by atoms with Crippen molar-refractivity contribution < 1.29 is 23.8 Å². The van der Waals surface area contributed by atoms with E-state index in [0.717, 1.165) is 24.8 Å². The number of carbonyl (C=O) groups is 2. The van der Waals surface area contributed by atoms with E-state index < -0.39 is 0 Å². The summed E-state index contributed by atoms with van der Waals surface area (Å²) < 4.78 is 15.4. The maximum atomic E-state index is 12.5. The number of amides is 1. The summed E-state index contributed by atoms with van der Waals surface area (Å²) >= 11 is 0. The molecule has 3 rings (SSSR count). The molecule has 4 atom stereocenters. The third-order valence-electron chi connectivity index (χ3n) is 5.53. The van der Waals surface area contributed by atoms with Gasteiger partial charge in [0.15, 0.2) is 11.5 Å². The molecule has 2 saturated carbocycles. The minimum Gasteiger partial charge on any atom is -0.493 e. The van der Waals surface area contributed by atoms with Crippen LogP contribution in [0.4, 0.5) is 0 Å². The summed E-state index contributed by atoms with van der Waals surface area (Å²) in [4.78, 5) is 24.6. The van der Waals surface area contributed by atoms with Gasteiger partial charge in [-0.15, -0.1) is 0 Å². The number of benzene rings is 1. The van der Waals surface area contributed by atoms with Gasteiger partial charge in [0.2, 0.25) is 5.91 Å². The molecule has 0 radical (unpaired) electrons. The van der Waals surface area contributed by atoms with Gasteiger partial charge in [0, 0.05) is 6.04 Å². The Labute approximate surface area is 147 Å². The predicted molar refractivity (Wildman–Crippen MR) is 91.5 cm³/mol. The van der Waals surface area contributed by atoms with E-state index >= 15 is 0 Å². The number of carbonyl (C=O) groups excluding carboxylic acids is 2. The summed E-state index contributed by atoms with van der Waals surface area (Å²) in [6.07, 6.45) is 3.36. The molecule has 1 aromatic carbocycles. The van der Waals surface area contributed by atoms with E-state index in [0.29, 0.717) is 23.3 Å². The first-order valence-electron chi connectivity index (χ1n) is 8.65. The number of esters is 1. The molecular formula is C19H25NO5. The fraction of sp³-hybridized carbons (Fsp3) is 0.579. The quantitative estimate of drug-likeness (QED) is 0.796. The van der Waals surface area contributed by atoms with Crippen molar-refractivity contribution in [2.24, 2.45) is 17.8 Å². The molecular weight excluding hydrogens is 322 g/mol. The average Bonchev–Trinajstić information content (AvgIpc) is 3.22. The molecule has 2 aliphatic carbocycles. The van der Waals surface area contributed by atoms with Crippen LogP contribution >= 0.6 is 0 Å². The number of hydrogen-bond donors (Lipinski definition) is 1. The van der Waals surface area contributed by atoms with Crippen LogP contribution in [0.2, 0.25) is 0 Å². The zero-order chi connectivity index (χ0) is 18.0. The third kappa shape index (κ3) is 3.43. The van der Waals surface area contributed by atoms with Gasteiger partial charge in [0.25, 0.3) is 0 Å². The Hall–Kier alpha value is -2.24. The largest absolute Gasteiger partial charge is 0.493 e. The molecule has 1 aromatic rings. The van der Waals surface area contributed by atoms with E-state index in [4.69, 9.17) is 14.2 Å². The topological polar surface area (TPSA) is 73.9 Å². The van der Waals surface area contributed by atoms with Crippen LogP contribution < -0.4 is 14.8 Å². The first kappa shape index (κ1) is 17.6. The molecule has 2 fully saturated rings. The molecule has 6 nitrogen and oxygen atoms in total. The molecule has 1 amide bonds. The lowest BCUT2D eigenvalue weighted by Gasteiger charge is -2.29. The normalized spacial score (nSPS) is 27.0. The smallest absolute Gasteiger partial charge is 0.311 e. The summed E-state index contributed by atoms with van der Waals surface area (Å²) in [7, 11) is 4.56. The van der Waals surface area contributed by atoms with E-state index in [1.54, 1.807) is 26.4 Å². The Kier molecular flexibility index (Phi) is 5.16. The highest BCUT2D eigenvalue weighted by Gasteiger charge is 2.51. The van der Waals surface area contributed by atoms with Crippen molar-refractivity contribution in [2.45, 2.75) is 31.7 Å². The summed E-state index contributed by atoms with van der Waals surface area (Å²) in [5.41, 5.74) is 0.841. The fourth-order valence-electron chi connectivity index (χ4n) is 4.39. The van der Waals surface area contributed by atoms with Crippen LogP contribution in [0.15, 0.2) is 18.2 Å². The Balaban J connectivity index is 1.67. The Morgan fingerprint density at radius 1 is 1.08 bits per heavy atom. The molecule has 2 bridgehead atoms. The lowest BCUT2D eigenvalue weighted by atomic mass is 9.84. The van der Waals surface area contributed by atoms with Gasteiger partial charge in [-0.05, 0) is 48.8 Å². The summed E-state index contributed by atoms with van der Waals surface area (Å²) in [5, 5.41) is 3.08. The third-order valence-corrected chi connectivity index (χ3v) is 5.53. The van der Waals surface area contributed by atoms with Crippen molar-refractivity contribution in [2.75, 3.05) is 21.3 Å². The van der Waals surface area contributed by atoms with Gasteiger partial charge in [-0.2, -0.15) is 0 Å². The minimum atomic E-state index is -0.210. The van der Waals surface area contributed by atoms with E-state index in [2.05, 4.69) is 5.32 Å². The van der Waals surface area contributed by atoms with Crippen LogP contribution in [0.3, 0.4) is 0 Å². The molecule has 2 aliphatic rings. The standard InChI is InChI=1S/C19H25NO5/c1-23-14-7-4-11(8-15(14)24-2)9-16(21)20-18-13-6-5-12(10-13)17(18)19(22)25-3/h4,7-8,12-13,17-18H,5-6,9-10H2,1-3H3,(H,20,21)/t12-,13-,17+,18+/m0/s1. The molecule has 1 N–H and O–H groups in total. The molecule has 25 heavy (non-hydrogen) atoms. The van der Waals surface area contributed by atoms with Gasteiger partial charge in [-0.1, -0.05) is 6.07 Å². The van der Waals surface area contributed by atoms with Crippen molar-refractivity contribution in [1.29, 1.82) is 0 Å². The van der Waals surface area contributed by atoms with Gasteiger partial charge in [-0.3, -0.25) is 9.59 Å². The number of methoxy groups -OCH3 is 3. The Morgan fingerprint density at radius 3 is 2.48 bits per heavy atom. The number of rotatable bonds is 6. The average molecular weight is 347 g/mol. The maximum absolute atomic E-state index is 12.5. The Morgan fingerprint density at radius 2 is 1.80 bits per heavy atom. The van der Waals surface area contributed by atoms with Gasteiger partial charge in [0.05, 0.1) is 33.7 Å². The van der Waals surface area contributed by atoms with Gasteiger partial charge in [0.1, 0.15) is 0 Å². The first-order chi connectivity index (χ1) is 12.1. The zero-order valence-corrected chi connectivity index (χ0v) is 14.9. The molecule has 0 unspecified atom stereocenters. The van der Waals surface area contributed by atoms with Crippen molar-refractivity contribution in [1.82, 2.24) is 5.32 Å². The summed E-state index contributed by atoms with van der Waals surface area (Å²) in [6, 6.07) is 5.33. The van der Waals surface area contributed by atoms with Crippen molar-refractivity contribution in [3.63, 3.8) is 0 Å². The van der Waals surface area contributed by atoms with Crippen molar-refractivity contribution >= 4 is 11.9 Å². The molecule has 0 aliphatic heterocycles. The van der Waals surface area contributed by atoms with Crippen LogP contribution in [0.25, 0.3) is 0 Å². The van der Waals surface area contributed by atoms with Crippen LogP contribution in [-0.2, 0) is 20.7 Å². The molecule has 0 heterocycles. The second kappa shape index (κ2) is 7.33. The monoisotopic (exact) mass is 347 g/mol. The highest BCUT2D eigenvalue weighted by atomic mass is 16.5. The van der Waals surface area contributed by atoms with Crippen molar-refractivity contribution in [3.8, 4) is 11.5 Å². The SMILES string of the molecule is COC(=O)[C@@H]1[C@H]2CC[C@@H](C2)[C@H]1NC(=O)Cc1ccc(OC)c(OC)c1. The second-order valence-corrected chi connectivity index (χ2v) is 6.84. The highest BCUT2D eigenvalue weighted by molar-refractivity contribution is 5.81. The molecule has 136 valence electrons. The molecule has 0 saturated heterocycles. The van der Waals surface area contributed by atoms with Crippen molar-refractivity contribution in [3.05, 3.63) is 23.8 Å². The van der Waals surface area contributed by atoms with Gasteiger partial charge < -0.3 is 19.5 Å². The summed E-state index contributed by atoms with van der Waals surface area (Å²) in [5.74, 6) is 1.44. The first-order valence-corrected chi connectivity index (χ1v) is 8.65. The summed E-state index contributed by atoms with van der Waals surface area (Å²) in [6.45, 7) is 0. The zero-order valence-electron chi connectivity index (χ0n) is 14.9. The Bertz CT molecular complexity index is 659. The fourth-order valence-corrected chi connectivity index (χ4v) is 4.39. The molecule has 6 heteroatoms.